The van der Waals surface area contributed by atoms with E-state index in [0.29, 0.717) is 0 Å². The molecule has 0 aliphatic carbocycles. The molecule has 0 radical (unpaired) electrons. The minimum atomic E-state index is -0.0356. The van der Waals surface area contributed by atoms with Crippen LogP contribution in [0.2, 0.25) is 0 Å². The zero-order valence-corrected chi connectivity index (χ0v) is 11.6. The monoisotopic (exact) mass is 262 g/mol. The minimum Gasteiger partial charge on any atom is -0.396 e. The molecular formula is C15H22N2O2. The molecule has 1 amide bonds. The molecule has 0 bridgehead atoms. The highest BCUT2D eigenvalue weighted by atomic mass is 16.3. The number of carbonyl (C=O) groups is 1. The Morgan fingerprint density at radius 2 is 2.26 bits per heavy atom. The topological polar surface area (TPSA) is 61.4 Å². The van der Waals surface area contributed by atoms with Crippen molar-refractivity contribution in [1.29, 1.82) is 0 Å². The molecule has 1 aromatic rings. The Labute approximate surface area is 114 Å². The maximum Gasteiger partial charge on any atom is 0.251 e. The van der Waals surface area contributed by atoms with E-state index in [1.165, 1.54) is 5.56 Å². The van der Waals surface area contributed by atoms with E-state index in [1.807, 2.05) is 26.0 Å². The molecule has 104 valence electrons. The first-order valence-electron chi connectivity index (χ1n) is 6.86. The Morgan fingerprint density at radius 3 is 3.00 bits per heavy atom. The van der Waals surface area contributed by atoms with Crippen molar-refractivity contribution in [1.82, 2.24) is 10.6 Å². The van der Waals surface area contributed by atoms with Crippen molar-refractivity contribution in [2.24, 2.45) is 5.92 Å². The molecule has 19 heavy (non-hydrogen) atoms. The number of hydrogen-bond donors (Lipinski definition) is 3. The normalized spacial score (nSPS) is 17.4. The van der Waals surface area contributed by atoms with Gasteiger partial charge in [0.1, 0.15) is 0 Å². The largest absolute Gasteiger partial charge is 0.396 e. The highest BCUT2D eigenvalue weighted by Crippen LogP contribution is 2.19. The van der Waals surface area contributed by atoms with Gasteiger partial charge in [-0.3, -0.25) is 4.79 Å². The Kier molecular flexibility index (Phi) is 4.56. The van der Waals surface area contributed by atoms with Crippen LogP contribution in [-0.2, 0) is 13.0 Å². The molecule has 3 N–H and O–H groups in total. The maximum absolute atomic E-state index is 12.3. The van der Waals surface area contributed by atoms with Gasteiger partial charge in [-0.05, 0) is 43.0 Å². The summed E-state index contributed by atoms with van der Waals surface area (Å²) in [5, 5.41) is 15.4. The van der Waals surface area contributed by atoms with Crippen molar-refractivity contribution in [3.8, 4) is 0 Å². The zero-order chi connectivity index (χ0) is 13.8. The van der Waals surface area contributed by atoms with Crippen LogP contribution in [0.4, 0.5) is 0 Å². The zero-order valence-electron chi connectivity index (χ0n) is 11.6. The summed E-state index contributed by atoms with van der Waals surface area (Å²) in [5.41, 5.74) is 3.14. The van der Waals surface area contributed by atoms with E-state index < -0.39 is 0 Å². The quantitative estimate of drug-likeness (QED) is 0.761. The number of carbonyl (C=O) groups excluding carboxylic acids is 1. The van der Waals surface area contributed by atoms with Crippen molar-refractivity contribution in [3.05, 3.63) is 34.9 Å². The van der Waals surface area contributed by atoms with Gasteiger partial charge in [-0.15, -0.1) is 0 Å². The number of amides is 1. The average molecular weight is 262 g/mol. The van der Waals surface area contributed by atoms with Gasteiger partial charge < -0.3 is 15.7 Å². The Balaban J connectivity index is 2.15. The lowest BCUT2D eigenvalue weighted by Crippen LogP contribution is -2.39. The number of benzene rings is 1. The lowest BCUT2D eigenvalue weighted by atomic mass is 9.94. The van der Waals surface area contributed by atoms with Crippen LogP contribution in [-0.4, -0.2) is 30.2 Å². The average Bonchev–Trinajstić information content (AvgIpc) is 2.45. The minimum absolute atomic E-state index is 0.0323. The van der Waals surface area contributed by atoms with Crippen molar-refractivity contribution in [2.45, 2.75) is 32.9 Å². The molecule has 1 aliphatic heterocycles. The number of fused-ring (bicyclic) bond motifs is 1. The van der Waals surface area contributed by atoms with Crippen LogP contribution in [0.3, 0.4) is 0 Å². The third-order valence-corrected chi connectivity index (χ3v) is 3.89. The molecule has 1 aliphatic rings. The summed E-state index contributed by atoms with van der Waals surface area (Å²) in [6, 6.07) is 5.85. The van der Waals surface area contributed by atoms with E-state index in [0.717, 1.165) is 30.6 Å². The molecule has 0 saturated carbocycles. The second kappa shape index (κ2) is 6.17. The van der Waals surface area contributed by atoms with Crippen LogP contribution in [0, 0.1) is 5.92 Å². The summed E-state index contributed by atoms with van der Waals surface area (Å²) in [6.07, 6.45) is 0.892. The summed E-state index contributed by atoms with van der Waals surface area (Å²) in [5.74, 6) is 0.0247. The van der Waals surface area contributed by atoms with Crippen LogP contribution in [0.15, 0.2) is 18.2 Å². The predicted octanol–water partition coefficient (Wildman–Crippen LogP) is 1.08. The molecule has 0 saturated heterocycles. The van der Waals surface area contributed by atoms with Gasteiger partial charge in [0, 0.05) is 24.8 Å². The molecular weight excluding hydrogens is 240 g/mol. The molecule has 2 unspecified atom stereocenters. The first-order valence-corrected chi connectivity index (χ1v) is 6.86. The van der Waals surface area contributed by atoms with Crippen molar-refractivity contribution in [2.75, 3.05) is 13.2 Å². The fraction of sp³-hybridized carbons (Fsp3) is 0.533. The van der Waals surface area contributed by atoms with E-state index in [1.54, 1.807) is 0 Å². The van der Waals surface area contributed by atoms with Crippen LogP contribution < -0.4 is 10.6 Å². The van der Waals surface area contributed by atoms with Crippen LogP contribution in [0.5, 0.6) is 0 Å². The van der Waals surface area contributed by atoms with Crippen molar-refractivity contribution < 1.29 is 9.90 Å². The third-order valence-electron chi connectivity index (χ3n) is 3.89. The van der Waals surface area contributed by atoms with Gasteiger partial charge in [-0.1, -0.05) is 19.1 Å². The third kappa shape index (κ3) is 3.14. The van der Waals surface area contributed by atoms with Crippen LogP contribution >= 0.6 is 0 Å². The number of aliphatic hydroxyl groups excluding tert-OH is 1. The molecule has 2 atom stereocenters. The van der Waals surface area contributed by atoms with Gasteiger partial charge in [0.15, 0.2) is 0 Å². The molecule has 1 aromatic carbocycles. The fourth-order valence-corrected chi connectivity index (χ4v) is 2.33. The van der Waals surface area contributed by atoms with E-state index in [2.05, 4.69) is 16.7 Å². The van der Waals surface area contributed by atoms with Gasteiger partial charge in [0.2, 0.25) is 0 Å². The van der Waals surface area contributed by atoms with Gasteiger partial charge in [0.05, 0.1) is 0 Å². The molecule has 4 heteroatoms. The summed E-state index contributed by atoms with van der Waals surface area (Å²) in [6.45, 7) is 5.68. The predicted molar refractivity (Wildman–Crippen MR) is 75.0 cm³/mol. The Bertz CT molecular complexity index is 459. The van der Waals surface area contributed by atoms with E-state index >= 15 is 0 Å². The molecule has 0 aromatic heterocycles. The SMILES string of the molecule is CC(CO)C(C)NC(=O)c1cccc2c1CCNC2. The highest BCUT2D eigenvalue weighted by molar-refractivity contribution is 5.96. The van der Waals surface area contributed by atoms with Gasteiger partial charge in [-0.25, -0.2) is 0 Å². The lowest BCUT2D eigenvalue weighted by Gasteiger charge is -2.23. The van der Waals surface area contributed by atoms with Gasteiger partial charge >= 0.3 is 0 Å². The van der Waals surface area contributed by atoms with Crippen LogP contribution in [0.1, 0.15) is 35.3 Å². The maximum atomic E-state index is 12.3. The van der Waals surface area contributed by atoms with E-state index in [-0.39, 0.29) is 24.5 Å². The molecule has 0 spiro atoms. The fourth-order valence-electron chi connectivity index (χ4n) is 2.33. The number of rotatable bonds is 4. The van der Waals surface area contributed by atoms with Crippen molar-refractivity contribution >= 4 is 5.91 Å². The molecule has 1 heterocycles. The Morgan fingerprint density at radius 1 is 1.47 bits per heavy atom. The summed E-state index contributed by atoms with van der Waals surface area (Å²) >= 11 is 0. The van der Waals surface area contributed by atoms with Crippen molar-refractivity contribution in [3.63, 3.8) is 0 Å². The first-order chi connectivity index (χ1) is 9.13. The second-order valence-corrected chi connectivity index (χ2v) is 5.29. The second-order valence-electron chi connectivity index (χ2n) is 5.29. The summed E-state index contributed by atoms with van der Waals surface area (Å²) in [7, 11) is 0. The van der Waals surface area contributed by atoms with Gasteiger partial charge in [-0.2, -0.15) is 0 Å². The van der Waals surface area contributed by atoms with Gasteiger partial charge in [0.25, 0.3) is 5.91 Å². The summed E-state index contributed by atoms with van der Waals surface area (Å²) < 4.78 is 0. The number of nitrogens with one attached hydrogen (secondary N) is 2. The lowest BCUT2D eigenvalue weighted by molar-refractivity contribution is 0.0915. The standard InChI is InChI=1S/C15H22N2O2/c1-10(9-18)11(2)17-15(19)14-5-3-4-12-8-16-7-6-13(12)14/h3-5,10-11,16,18H,6-9H2,1-2H3,(H,17,19). The smallest absolute Gasteiger partial charge is 0.251 e. The number of hydrogen-bond acceptors (Lipinski definition) is 3. The van der Waals surface area contributed by atoms with E-state index in [4.69, 9.17) is 5.11 Å². The summed E-state index contributed by atoms with van der Waals surface area (Å²) in [4.78, 5) is 12.3. The Hall–Kier alpha value is -1.39. The number of aliphatic hydroxyl groups is 1. The first kappa shape index (κ1) is 14.0. The molecule has 4 nitrogen and oxygen atoms in total. The highest BCUT2D eigenvalue weighted by Gasteiger charge is 2.20. The van der Waals surface area contributed by atoms with E-state index in [9.17, 15) is 4.79 Å². The van der Waals surface area contributed by atoms with Crippen LogP contribution in [0.25, 0.3) is 0 Å². The molecule has 0 fully saturated rings. The molecule has 2 rings (SSSR count).